The molecule has 0 spiro atoms. The Morgan fingerprint density at radius 3 is 2.80 bits per heavy atom. The number of hydrogen-bond acceptors (Lipinski definition) is 4. The minimum atomic E-state index is -0.223. The summed E-state index contributed by atoms with van der Waals surface area (Å²) in [6.07, 6.45) is 2.61. The van der Waals surface area contributed by atoms with Crippen LogP contribution in [0.2, 0.25) is 0 Å². The van der Waals surface area contributed by atoms with Crippen LogP contribution in [0.3, 0.4) is 0 Å². The van der Waals surface area contributed by atoms with Gasteiger partial charge in [0.2, 0.25) is 0 Å². The van der Waals surface area contributed by atoms with Crippen LogP contribution in [-0.4, -0.2) is 17.5 Å². The summed E-state index contributed by atoms with van der Waals surface area (Å²) >= 11 is 4.84. The van der Waals surface area contributed by atoms with E-state index in [0.717, 1.165) is 15.8 Å². The van der Waals surface area contributed by atoms with E-state index < -0.39 is 0 Å². The van der Waals surface area contributed by atoms with Gasteiger partial charge in [0.1, 0.15) is 5.75 Å². The van der Waals surface area contributed by atoms with E-state index in [1.54, 1.807) is 18.3 Å². The first-order chi connectivity index (χ1) is 12.1. The highest BCUT2D eigenvalue weighted by molar-refractivity contribution is 9.10. The zero-order valence-corrected chi connectivity index (χ0v) is 16.1. The molecule has 0 bridgehead atoms. The summed E-state index contributed by atoms with van der Waals surface area (Å²) < 4.78 is 6.42. The Bertz CT molecular complexity index is 862. The first-order valence-electron chi connectivity index (χ1n) is 7.77. The number of carbonyl (C=O) groups excluding carboxylic acids is 1. The van der Waals surface area contributed by atoms with Crippen LogP contribution in [0.5, 0.6) is 5.75 Å². The molecule has 0 aliphatic rings. The molecule has 0 aliphatic heterocycles. The predicted octanol–water partition coefficient (Wildman–Crippen LogP) is 4.82. The van der Waals surface area contributed by atoms with E-state index in [2.05, 4.69) is 51.4 Å². The van der Waals surface area contributed by atoms with Crippen molar-refractivity contribution in [1.82, 2.24) is 4.98 Å². The van der Waals surface area contributed by atoms with Crippen LogP contribution < -0.4 is 10.1 Å². The normalized spacial score (nSPS) is 10.5. The maximum Gasteiger partial charge on any atom is 0.264 e. The summed E-state index contributed by atoms with van der Waals surface area (Å²) in [7, 11) is 0. The first kappa shape index (κ1) is 17.6. The third kappa shape index (κ3) is 5.41. The molecule has 0 fully saturated rings. The highest BCUT2D eigenvalue weighted by atomic mass is 79.9. The molecule has 0 atom stereocenters. The Hall–Kier alpha value is -2.18. The molecule has 3 aromatic rings. The minimum Gasteiger partial charge on any atom is -0.484 e. The maximum atomic E-state index is 12.0. The minimum absolute atomic E-state index is 0.0472. The van der Waals surface area contributed by atoms with Crippen molar-refractivity contribution in [2.75, 3.05) is 11.9 Å². The first-order valence-corrected chi connectivity index (χ1v) is 9.38. The predicted molar refractivity (Wildman–Crippen MR) is 104 cm³/mol. The average Bonchev–Trinajstić information content (AvgIpc) is 3.01. The van der Waals surface area contributed by atoms with Crippen molar-refractivity contribution in [2.24, 2.45) is 0 Å². The summed E-state index contributed by atoms with van der Waals surface area (Å²) in [5.41, 5.74) is 2.47. The number of aryl methyl sites for hydroxylation is 1. The SMILES string of the molecule is Cc1cccc(Cc2cnc(NC(=O)COc3ccc(Br)cc3)s2)c1. The molecule has 25 heavy (non-hydrogen) atoms. The average molecular weight is 417 g/mol. The molecule has 128 valence electrons. The molecule has 1 aromatic heterocycles. The Morgan fingerprint density at radius 1 is 1.24 bits per heavy atom. The van der Waals surface area contributed by atoms with E-state index in [4.69, 9.17) is 4.74 Å². The van der Waals surface area contributed by atoms with Gasteiger partial charge in [0.15, 0.2) is 11.7 Å². The van der Waals surface area contributed by atoms with Crippen molar-refractivity contribution in [3.8, 4) is 5.75 Å². The second kappa shape index (κ2) is 8.27. The number of benzene rings is 2. The molecule has 3 rings (SSSR count). The van der Waals surface area contributed by atoms with Crippen LogP contribution in [0.4, 0.5) is 5.13 Å². The zero-order valence-electron chi connectivity index (χ0n) is 13.7. The van der Waals surface area contributed by atoms with Gasteiger partial charge < -0.3 is 4.74 Å². The number of halogens is 1. The number of anilines is 1. The van der Waals surface area contributed by atoms with Crippen molar-refractivity contribution in [2.45, 2.75) is 13.3 Å². The maximum absolute atomic E-state index is 12.0. The Balaban J connectivity index is 1.52. The van der Waals surface area contributed by atoms with Gasteiger partial charge in [-0.25, -0.2) is 4.98 Å². The van der Waals surface area contributed by atoms with Gasteiger partial charge in [0.05, 0.1) is 0 Å². The second-order valence-corrected chi connectivity index (χ2v) is 7.62. The van der Waals surface area contributed by atoms with E-state index in [0.29, 0.717) is 10.9 Å². The lowest BCUT2D eigenvalue weighted by Gasteiger charge is -2.05. The summed E-state index contributed by atoms with van der Waals surface area (Å²) in [5.74, 6) is 0.428. The van der Waals surface area contributed by atoms with Gasteiger partial charge in [-0.3, -0.25) is 10.1 Å². The van der Waals surface area contributed by atoms with Crippen LogP contribution >= 0.6 is 27.3 Å². The van der Waals surface area contributed by atoms with Crippen molar-refractivity contribution in [3.05, 3.63) is 75.2 Å². The molecule has 0 unspecified atom stereocenters. The van der Waals surface area contributed by atoms with E-state index in [9.17, 15) is 4.79 Å². The number of carbonyl (C=O) groups is 1. The number of nitrogens with zero attached hydrogens (tertiary/aromatic N) is 1. The molecule has 1 N–H and O–H groups in total. The van der Waals surface area contributed by atoms with Gasteiger partial charge in [-0.15, -0.1) is 11.3 Å². The number of aromatic nitrogens is 1. The molecular formula is C19H17BrN2O2S. The number of amides is 1. The van der Waals surface area contributed by atoms with Crippen molar-refractivity contribution in [3.63, 3.8) is 0 Å². The zero-order chi connectivity index (χ0) is 17.6. The third-order valence-electron chi connectivity index (χ3n) is 3.44. The second-order valence-electron chi connectivity index (χ2n) is 5.59. The fraction of sp³-hybridized carbons (Fsp3) is 0.158. The van der Waals surface area contributed by atoms with Gasteiger partial charge >= 0.3 is 0 Å². The van der Waals surface area contributed by atoms with Gasteiger partial charge in [-0.1, -0.05) is 45.8 Å². The molecule has 1 amide bonds. The van der Waals surface area contributed by atoms with E-state index in [1.165, 1.54) is 22.5 Å². The largest absolute Gasteiger partial charge is 0.484 e. The van der Waals surface area contributed by atoms with Crippen LogP contribution in [-0.2, 0) is 11.2 Å². The fourth-order valence-corrected chi connectivity index (χ4v) is 3.43. The van der Waals surface area contributed by atoms with Crippen LogP contribution in [0.1, 0.15) is 16.0 Å². The topological polar surface area (TPSA) is 51.2 Å². The summed E-state index contributed by atoms with van der Waals surface area (Å²) in [5, 5.41) is 3.37. The third-order valence-corrected chi connectivity index (χ3v) is 4.89. The molecular weight excluding hydrogens is 400 g/mol. The number of ether oxygens (including phenoxy) is 1. The fourth-order valence-electron chi connectivity index (χ4n) is 2.31. The highest BCUT2D eigenvalue weighted by Crippen LogP contribution is 2.22. The van der Waals surface area contributed by atoms with Crippen LogP contribution in [0.25, 0.3) is 0 Å². The van der Waals surface area contributed by atoms with Crippen molar-refractivity contribution < 1.29 is 9.53 Å². The lowest BCUT2D eigenvalue weighted by atomic mass is 10.1. The molecule has 0 aliphatic carbocycles. The van der Waals surface area contributed by atoms with Gasteiger partial charge in [-0.2, -0.15) is 0 Å². The molecule has 4 nitrogen and oxygen atoms in total. The van der Waals surface area contributed by atoms with Crippen molar-refractivity contribution in [1.29, 1.82) is 0 Å². The lowest BCUT2D eigenvalue weighted by Crippen LogP contribution is -2.19. The van der Waals surface area contributed by atoms with E-state index >= 15 is 0 Å². The molecule has 1 heterocycles. The summed E-state index contributed by atoms with van der Waals surface area (Å²) in [6, 6.07) is 15.7. The highest BCUT2D eigenvalue weighted by Gasteiger charge is 2.08. The standard InChI is InChI=1S/C19H17BrN2O2S/c1-13-3-2-4-14(9-13)10-17-11-21-19(25-17)22-18(23)12-24-16-7-5-15(20)6-8-16/h2-9,11H,10,12H2,1H3,(H,21,22,23). The number of hydrogen-bond donors (Lipinski definition) is 1. The Morgan fingerprint density at radius 2 is 2.04 bits per heavy atom. The quantitative estimate of drug-likeness (QED) is 0.626. The lowest BCUT2D eigenvalue weighted by molar-refractivity contribution is -0.118. The van der Waals surface area contributed by atoms with Gasteiger partial charge in [0.25, 0.3) is 5.91 Å². The molecule has 6 heteroatoms. The van der Waals surface area contributed by atoms with Crippen LogP contribution in [0.15, 0.2) is 59.2 Å². The summed E-state index contributed by atoms with van der Waals surface area (Å²) in [4.78, 5) is 17.4. The van der Waals surface area contributed by atoms with Gasteiger partial charge in [-0.05, 0) is 36.8 Å². The molecule has 0 radical (unpaired) electrons. The molecule has 2 aromatic carbocycles. The van der Waals surface area contributed by atoms with E-state index in [1.807, 2.05) is 18.2 Å². The smallest absolute Gasteiger partial charge is 0.264 e. The number of thiazole rings is 1. The monoisotopic (exact) mass is 416 g/mol. The number of rotatable bonds is 6. The van der Waals surface area contributed by atoms with Gasteiger partial charge in [0, 0.05) is 22.0 Å². The van der Waals surface area contributed by atoms with Crippen LogP contribution in [0, 0.1) is 6.92 Å². The molecule has 0 saturated carbocycles. The number of nitrogens with one attached hydrogen (secondary N) is 1. The van der Waals surface area contributed by atoms with Crippen molar-refractivity contribution >= 4 is 38.3 Å². The molecule has 0 saturated heterocycles. The summed E-state index contributed by atoms with van der Waals surface area (Å²) in [6.45, 7) is 2.03. The Kier molecular flexibility index (Phi) is 5.83. The Labute approximate surface area is 159 Å². The van der Waals surface area contributed by atoms with E-state index in [-0.39, 0.29) is 12.5 Å².